The van der Waals surface area contributed by atoms with Crippen LogP contribution in [0.5, 0.6) is 5.75 Å². The SMILES string of the molecule is COC(=O)C(O)CNC(=O)COc1ccccc1Cl. The number of hydrogen-bond donors (Lipinski definition) is 2. The molecule has 0 fully saturated rings. The lowest BCUT2D eigenvalue weighted by Gasteiger charge is -2.11. The van der Waals surface area contributed by atoms with Gasteiger partial charge in [0, 0.05) is 0 Å². The van der Waals surface area contributed by atoms with E-state index in [1.54, 1.807) is 24.3 Å². The van der Waals surface area contributed by atoms with E-state index in [1.165, 1.54) is 0 Å². The van der Waals surface area contributed by atoms with Crippen molar-refractivity contribution < 1.29 is 24.2 Å². The van der Waals surface area contributed by atoms with Crippen LogP contribution >= 0.6 is 11.6 Å². The summed E-state index contributed by atoms with van der Waals surface area (Å²) in [6.07, 6.45) is -1.39. The van der Waals surface area contributed by atoms with Crippen molar-refractivity contribution in [2.45, 2.75) is 6.10 Å². The predicted octanol–water partition coefficient (Wildman–Crippen LogP) is 0.369. The molecule has 0 aliphatic rings. The number of rotatable bonds is 6. The Labute approximate surface area is 115 Å². The van der Waals surface area contributed by atoms with Crippen LogP contribution in [0.15, 0.2) is 24.3 Å². The highest BCUT2D eigenvalue weighted by molar-refractivity contribution is 6.32. The molecule has 0 aromatic heterocycles. The van der Waals surface area contributed by atoms with E-state index in [1.807, 2.05) is 0 Å². The molecule has 0 aliphatic heterocycles. The molecule has 1 atom stereocenters. The average Bonchev–Trinajstić information content (AvgIpc) is 2.42. The lowest BCUT2D eigenvalue weighted by molar-refractivity contribution is -0.150. The van der Waals surface area contributed by atoms with Crippen LogP contribution in [0.1, 0.15) is 0 Å². The summed E-state index contributed by atoms with van der Waals surface area (Å²) in [6.45, 7) is -0.505. The Balaban J connectivity index is 2.33. The van der Waals surface area contributed by atoms with Crippen molar-refractivity contribution in [3.63, 3.8) is 0 Å². The van der Waals surface area contributed by atoms with E-state index in [9.17, 15) is 14.7 Å². The third kappa shape index (κ3) is 5.15. The number of para-hydroxylation sites is 1. The zero-order valence-corrected chi connectivity index (χ0v) is 11.0. The zero-order chi connectivity index (χ0) is 14.3. The van der Waals surface area contributed by atoms with Crippen LogP contribution in [-0.2, 0) is 14.3 Å². The number of esters is 1. The zero-order valence-electron chi connectivity index (χ0n) is 10.3. The van der Waals surface area contributed by atoms with Crippen molar-refractivity contribution in [3.05, 3.63) is 29.3 Å². The van der Waals surface area contributed by atoms with Crippen LogP contribution in [0.4, 0.5) is 0 Å². The predicted molar refractivity (Wildman–Crippen MR) is 68.0 cm³/mol. The molecule has 0 aliphatic carbocycles. The summed E-state index contributed by atoms with van der Waals surface area (Å²) < 4.78 is 9.48. The van der Waals surface area contributed by atoms with Crippen molar-refractivity contribution in [2.75, 3.05) is 20.3 Å². The minimum absolute atomic E-state index is 0.239. The molecule has 104 valence electrons. The number of hydrogen-bond acceptors (Lipinski definition) is 5. The number of halogens is 1. The van der Waals surface area contributed by atoms with Gasteiger partial charge in [0.2, 0.25) is 0 Å². The first-order valence-electron chi connectivity index (χ1n) is 5.44. The molecule has 19 heavy (non-hydrogen) atoms. The first kappa shape index (κ1) is 15.3. The average molecular weight is 288 g/mol. The molecule has 2 N–H and O–H groups in total. The second kappa shape index (κ2) is 7.60. The van der Waals surface area contributed by atoms with E-state index in [4.69, 9.17) is 16.3 Å². The Morgan fingerprint density at radius 3 is 2.74 bits per heavy atom. The van der Waals surface area contributed by atoms with Crippen molar-refractivity contribution in [1.82, 2.24) is 5.32 Å². The van der Waals surface area contributed by atoms with Gasteiger partial charge in [-0.15, -0.1) is 0 Å². The standard InChI is InChI=1S/C12H14ClNO5/c1-18-12(17)9(15)6-14-11(16)7-19-10-5-3-2-4-8(10)13/h2-5,9,15H,6-7H2,1H3,(H,14,16). The fourth-order valence-corrected chi connectivity index (χ4v) is 1.38. The number of carbonyl (C=O) groups is 2. The van der Waals surface area contributed by atoms with Crippen LogP contribution in [0.25, 0.3) is 0 Å². The largest absolute Gasteiger partial charge is 0.482 e. The lowest BCUT2D eigenvalue weighted by atomic mass is 10.3. The Kier molecular flexibility index (Phi) is 6.11. The summed E-state index contributed by atoms with van der Waals surface area (Å²) in [6, 6.07) is 6.72. The first-order valence-corrected chi connectivity index (χ1v) is 5.82. The lowest BCUT2D eigenvalue weighted by Crippen LogP contribution is -2.39. The van der Waals surface area contributed by atoms with E-state index in [-0.39, 0.29) is 13.2 Å². The second-order valence-electron chi connectivity index (χ2n) is 3.56. The van der Waals surface area contributed by atoms with Crippen LogP contribution in [0, 0.1) is 0 Å². The van der Waals surface area contributed by atoms with Gasteiger partial charge >= 0.3 is 5.97 Å². The smallest absolute Gasteiger partial charge is 0.336 e. The van der Waals surface area contributed by atoms with Gasteiger partial charge in [-0.1, -0.05) is 23.7 Å². The van der Waals surface area contributed by atoms with Gasteiger partial charge in [0.05, 0.1) is 18.7 Å². The molecule has 1 unspecified atom stereocenters. The number of nitrogens with one attached hydrogen (secondary N) is 1. The van der Waals surface area contributed by atoms with Gasteiger partial charge in [-0.25, -0.2) is 4.79 Å². The van der Waals surface area contributed by atoms with Crippen molar-refractivity contribution in [2.24, 2.45) is 0 Å². The van der Waals surface area contributed by atoms with Gasteiger partial charge in [-0.2, -0.15) is 0 Å². The molecule has 1 rings (SSSR count). The molecular formula is C12H14ClNO5. The number of aliphatic hydroxyl groups is 1. The maximum absolute atomic E-state index is 11.4. The van der Waals surface area contributed by atoms with Gasteiger partial charge in [-0.3, -0.25) is 4.79 Å². The fraction of sp³-hybridized carbons (Fsp3) is 0.333. The highest BCUT2D eigenvalue weighted by atomic mass is 35.5. The van der Waals surface area contributed by atoms with Crippen molar-refractivity contribution >= 4 is 23.5 Å². The number of carbonyl (C=O) groups excluding carboxylic acids is 2. The van der Waals surface area contributed by atoms with E-state index in [0.29, 0.717) is 10.8 Å². The van der Waals surface area contributed by atoms with Crippen LogP contribution in [-0.4, -0.2) is 43.3 Å². The molecule has 6 nitrogen and oxygen atoms in total. The Morgan fingerprint density at radius 2 is 2.11 bits per heavy atom. The maximum atomic E-state index is 11.4. The number of benzene rings is 1. The summed E-state index contributed by atoms with van der Waals surface area (Å²) in [5, 5.41) is 12.0. The topological polar surface area (TPSA) is 84.9 Å². The highest BCUT2D eigenvalue weighted by Gasteiger charge is 2.16. The highest BCUT2D eigenvalue weighted by Crippen LogP contribution is 2.22. The number of ether oxygens (including phenoxy) is 2. The molecular weight excluding hydrogens is 274 g/mol. The van der Waals surface area contributed by atoms with Gasteiger partial charge in [-0.05, 0) is 12.1 Å². The molecule has 1 amide bonds. The molecule has 0 bridgehead atoms. The van der Waals surface area contributed by atoms with E-state index in [0.717, 1.165) is 7.11 Å². The maximum Gasteiger partial charge on any atom is 0.336 e. The fourth-order valence-electron chi connectivity index (χ4n) is 1.19. The molecule has 0 saturated carbocycles. The van der Waals surface area contributed by atoms with Crippen molar-refractivity contribution in [1.29, 1.82) is 0 Å². The Hall–Kier alpha value is -1.79. The summed E-state index contributed by atoms with van der Waals surface area (Å²) >= 11 is 5.84. The third-order valence-corrected chi connectivity index (χ3v) is 2.47. The summed E-state index contributed by atoms with van der Waals surface area (Å²) in [5.74, 6) is -0.914. The van der Waals surface area contributed by atoms with Gasteiger partial charge in [0.15, 0.2) is 12.7 Å². The molecule has 7 heteroatoms. The molecule has 0 saturated heterocycles. The van der Waals surface area contributed by atoms with E-state index < -0.39 is 18.0 Å². The molecule has 0 heterocycles. The molecule has 1 aromatic carbocycles. The molecule has 0 spiro atoms. The number of aliphatic hydroxyl groups excluding tert-OH is 1. The second-order valence-corrected chi connectivity index (χ2v) is 3.97. The molecule has 1 aromatic rings. The molecule has 0 radical (unpaired) electrons. The van der Waals surface area contributed by atoms with Gasteiger partial charge < -0.3 is 19.9 Å². The Morgan fingerprint density at radius 1 is 1.42 bits per heavy atom. The first-order chi connectivity index (χ1) is 9.04. The quantitative estimate of drug-likeness (QED) is 0.739. The van der Waals surface area contributed by atoms with Crippen LogP contribution in [0.2, 0.25) is 5.02 Å². The minimum Gasteiger partial charge on any atom is -0.482 e. The summed E-state index contributed by atoms with van der Waals surface area (Å²) in [4.78, 5) is 22.3. The number of amides is 1. The van der Waals surface area contributed by atoms with Gasteiger partial charge in [0.1, 0.15) is 5.75 Å². The monoisotopic (exact) mass is 287 g/mol. The van der Waals surface area contributed by atoms with E-state index in [2.05, 4.69) is 10.1 Å². The van der Waals surface area contributed by atoms with Crippen LogP contribution in [0.3, 0.4) is 0 Å². The Bertz CT molecular complexity index is 452. The normalized spacial score (nSPS) is 11.5. The summed E-state index contributed by atoms with van der Waals surface area (Å²) in [5.41, 5.74) is 0. The number of methoxy groups -OCH3 is 1. The van der Waals surface area contributed by atoms with Crippen molar-refractivity contribution in [3.8, 4) is 5.75 Å². The summed E-state index contributed by atoms with van der Waals surface area (Å²) in [7, 11) is 1.15. The van der Waals surface area contributed by atoms with Gasteiger partial charge in [0.25, 0.3) is 5.91 Å². The third-order valence-electron chi connectivity index (χ3n) is 2.16. The van der Waals surface area contributed by atoms with Crippen LogP contribution < -0.4 is 10.1 Å². The minimum atomic E-state index is -1.39. The van der Waals surface area contributed by atoms with E-state index >= 15 is 0 Å².